The number of rotatable bonds is 20. The van der Waals surface area contributed by atoms with Crippen molar-refractivity contribution < 1.29 is 19.1 Å². The second-order valence-electron chi connectivity index (χ2n) is 8.17. The van der Waals surface area contributed by atoms with Gasteiger partial charge in [-0.25, -0.2) is 0 Å². The van der Waals surface area contributed by atoms with Crippen LogP contribution in [0.5, 0.6) is 0 Å². The Morgan fingerprint density at radius 3 is 2.21 bits per heavy atom. The van der Waals surface area contributed by atoms with Gasteiger partial charge in [-0.15, -0.1) is 0 Å². The summed E-state index contributed by atoms with van der Waals surface area (Å²) in [7, 11) is 1.87. The van der Waals surface area contributed by atoms with Crippen molar-refractivity contribution in [2.24, 2.45) is 5.92 Å². The monoisotopic (exact) mass is 415 g/mol. The van der Waals surface area contributed by atoms with Gasteiger partial charge < -0.3 is 25.0 Å². The van der Waals surface area contributed by atoms with Gasteiger partial charge in [-0.1, -0.05) is 27.7 Å². The molecule has 2 N–H and O–H groups in total. The fourth-order valence-corrected chi connectivity index (χ4v) is 2.78. The Morgan fingerprint density at radius 1 is 0.897 bits per heavy atom. The first-order valence-corrected chi connectivity index (χ1v) is 11.2. The van der Waals surface area contributed by atoms with Gasteiger partial charge in [0.1, 0.15) is 5.78 Å². The number of hydrogen-bond donors (Lipinski definition) is 2. The number of ketones is 1. The standard InChI is InChI=1S/C22H45N3O4/c1-19(2)8-6-12-25(13-10-23-5)22(27)18-21(26)9-7-14-28-16-17-29-15-11-24-20(3)4/h19-20,23-24H,6-18H2,1-5H3. The smallest absolute Gasteiger partial charge is 0.230 e. The molecule has 0 atom stereocenters. The van der Waals surface area contributed by atoms with Crippen molar-refractivity contribution in [3.63, 3.8) is 0 Å². The van der Waals surface area contributed by atoms with Crippen LogP contribution in [-0.2, 0) is 19.1 Å². The molecule has 0 aromatic rings. The highest BCUT2D eigenvalue weighted by molar-refractivity contribution is 5.97. The zero-order chi connectivity index (χ0) is 21.9. The second kappa shape index (κ2) is 19.0. The molecule has 0 saturated carbocycles. The quantitative estimate of drug-likeness (QED) is 0.234. The van der Waals surface area contributed by atoms with E-state index in [9.17, 15) is 9.59 Å². The summed E-state index contributed by atoms with van der Waals surface area (Å²) < 4.78 is 11.0. The van der Waals surface area contributed by atoms with E-state index in [0.29, 0.717) is 57.8 Å². The minimum atomic E-state index is -0.0571. The van der Waals surface area contributed by atoms with Crippen LogP contribution < -0.4 is 10.6 Å². The summed E-state index contributed by atoms with van der Waals surface area (Å²) >= 11 is 0. The number of carbonyl (C=O) groups excluding carboxylic acids is 2. The summed E-state index contributed by atoms with van der Waals surface area (Å²) in [5.74, 6) is 0.561. The molecule has 0 aromatic heterocycles. The molecule has 1 amide bonds. The summed E-state index contributed by atoms with van der Waals surface area (Å²) in [4.78, 5) is 26.4. The minimum absolute atomic E-state index is 0.00262. The molecular formula is C22H45N3O4. The molecule has 0 heterocycles. The van der Waals surface area contributed by atoms with Crippen LogP contribution in [0.15, 0.2) is 0 Å². The number of carbonyl (C=O) groups is 2. The number of Topliss-reactive ketones (excluding diaryl/α,β-unsaturated/α-hetero) is 1. The molecule has 0 rings (SSSR count). The average molecular weight is 416 g/mol. The summed E-state index contributed by atoms with van der Waals surface area (Å²) in [6.45, 7) is 13.8. The Morgan fingerprint density at radius 2 is 1.59 bits per heavy atom. The van der Waals surface area contributed by atoms with E-state index in [2.05, 4.69) is 38.3 Å². The van der Waals surface area contributed by atoms with Gasteiger partial charge in [0.15, 0.2) is 0 Å². The molecule has 0 bridgehead atoms. The fourth-order valence-electron chi connectivity index (χ4n) is 2.78. The van der Waals surface area contributed by atoms with Crippen LogP contribution in [-0.4, -0.2) is 82.3 Å². The molecule has 0 spiro atoms. The number of likely N-dealkylation sites (N-methyl/N-ethyl adjacent to an activating group) is 1. The molecule has 0 fully saturated rings. The molecule has 0 aromatic carbocycles. The summed E-state index contributed by atoms with van der Waals surface area (Å²) in [5, 5.41) is 6.35. The van der Waals surface area contributed by atoms with E-state index in [1.807, 2.05) is 11.9 Å². The molecule has 172 valence electrons. The van der Waals surface area contributed by atoms with Crippen molar-refractivity contribution in [1.82, 2.24) is 15.5 Å². The van der Waals surface area contributed by atoms with Crippen molar-refractivity contribution in [2.75, 3.05) is 59.7 Å². The van der Waals surface area contributed by atoms with E-state index in [4.69, 9.17) is 9.47 Å². The average Bonchev–Trinajstić information content (AvgIpc) is 2.65. The van der Waals surface area contributed by atoms with Gasteiger partial charge in [0.05, 0.1) is 26.2 Å². The molecule has 0 aliphatic heterocycles. The number of ether oxygens (including phenoxy) is 2. The van der Waals surface area contributed by atoms with Crippen LogP contribution in [0.1, 0.15) is 59.8 Å². The lowest BCUT2D eigenvalue weighted by molar-refractivity contribution is -0.135. The Hall–Kier alpha value is -1.02. The largest absolute Gasteiger partial charge is 0.379 e. The van der Waals surface area contributed by atoms with Gasteiger partial charge in [-0.05, 0) is 32.2 Å². The van der Waals surface area contributed by atoms with Gasteiger partial charge in [-0.2, -0.15) is 0 Å². The summed E-state index contributed by atoms with van der Waals surface area (Å²) in [6.07, 6.45) is 3.09. The Labute approximate surface area is 178 Å². The Bertz CT molecular complexity index is 417. The molecule has 0 radical (unpaired) electrons. The van der Waals surface area contributed by atoms with E-state index in [1.165, 1.54) is 0 Å². The molecule has 29 heavy (non-hydrogen) atoms. The first-order chi connectivity index (χ1) is 13.9. The molecule has 0 unspecified atom stereocenters. The van der Waals surface area contributed by atoms with E-state index < -0.39 is 0 Å². The van der Waals surface area contributed by atoms with Crippen LogP contribution in [0.2, 0.25) is 0 Å². The number of hydrogen-bond acceptors (Lipinski definition) is 6. The zero-order valence-electron chi connectivity index (χ0n) is 19.4. The maximum absolute atomic E-state index is 12.5. The van der Waals surface area contributed by atoms with Crippen LogP contribution in [0.4, 0.5) is 0 Å². The predicted octanol–water partition coefficient (Wildman–Crippen LogP) is 2.24. The third-order valence-electron chi connectivity index (χ3n) is 4.46. The van der Waals surface area contributed by atoms with E-state index in [1.54, 1.807) is 0 Å². The topological polar surface area (TPSA) is 79.9 Å². The SMILES string of the molecule is CNCCN(CCCC(C)C)C(=O)CC(=O)CCCOCCOCCNC(C)C. The minimum Gasteiger partial charge on any atom is -0.379 e. The van der Waals surface area contributed by atoms with Crippen LogP contribution in [0, 0.1) is 5.92 Å². The first kappa shape index (κ1) is 28.0. The van der Waals surface area contributed by atoms with Crippen molar-refractivity contribution in [3.05, 3.63) is 0 Å². The van der Waals surface area contributed by atoms with Gasteiger partial charge in [0.2, 0.25) is 5.91 Å². The molecule has 7 nitrogen and oxygen atoms in total. The van der Waals surface area contributed by atoms with Crippen molar-refractivity contribution in [1.29, 1.82) is 0 Å². The normalized spacial score (nSPS) is 11.4. The first-order valence-electron chi connectivity index (χ1n) is 11.2. The highest BCUT2D eigenvalue weighted by Gasteiger charge is 2.16. The molecule has 7 heteroatoms. The van der Waals surface area contributed by atoms with E-state index in [0.717, 1.165) is 32.5 Å². The van der Waals surface area contributed by atoms with E-state index >= 15 is 0 Å². The molecule has 0 saturated heterocycles. The van der Waals surface area contributed by atoms with Gasteiger partial charge in [0.25, 0.3) is 0 Å². The lowest BCUT2D eigenvalue weighted by Crippen LogP contribution is -2.38. The maximum atomic E-state index is 12.5. The van der Waals surface area contributed by atoms with Crippen LogP contribution in [0.25, 0.3) is 0 Å². The number of amides is 1. The van der Waals surface area contributed by atoms with Crippen molar-refractivity contribution in [3.8, 4) is 0 Å². The van der Waals surface area contributed by atoms with Crippen LogP contribution >= 0.6 is 0 Å². The number of nitrogens with one attached hydrogen (secondary N) is 2. The third-order valence-corrected chi connectivity index (χ3v) is 4.46. The maximum Gasteiger partial charge on any atom is 0.230 e. The van der Waals surface area contributed by atoms with Crippen molar-refractivity contribution in [2.45, 2.75) is 65.8 Å². The molecular weight excluding hydrogens is 370 g/mol. The van der Waals surface area contributed by atoms with Crippen LogP contribution in [0.3, 0.4) is 0 Å². The third kappa shape index (κ3) is 18.7. The van der Waals surface area contributed by atoms with Gasteiger partial charge in [0, 0.05) is 45.2 Å². The summed E-state index contributed by atoms with van der Waals surface area (Å²) in [6, 6.07) is 0.467. The Balaban J connectivity index is 3.84. The number of nitrogens with zero attached hydrogens (tertiary/aromatic N) is 1. The lowest BCUT2D eigenvalue weighted by Gasteiger charge is -2.23. The zero-order valence-corrected chi connectivity index (χ0v) is 19.4. The highest BCUT2D eigenvalue weighted by atomic mass is 16.5. The molecule has 0 aliphatic rings. The predicted molar refractivity (Wildman–Crippen MR) is 118 cm³/mol. The Kier molecular flexibility index (Phi) is 18.3. The van der Waals surface area contributed by atoms with Crippen molar-refractivity contribution >= 4 is 11.7 Å². The highest BCUT2D eigenvalue weighted by Crippen LogP contribution is 2.07. The van der Waals surface area contributed by atoms with E-state index in [-0.39, 0.29) is 18.1 Å². The fraction of sp³-hybridized carbons (Fsp3) is 0.909. The lowest BCUT2D eigenvalue weighted by atomic mass is 10.1. The van der Waals surface area contributed by atoms with Gasteiger partial charge in [-0.3, -0.25) is 9.59 Å². The molecule has 0 aliphatic carbocycles. The van der Waals surface area contributed by atoms with Gasteiger partial charge >= 0.3 is 0 Å². The summed E-state index contributed by atoms with van der Waals surface area (Å²) in [5.41, 5.74) is 0. The second-order valence-corrected chi connectivity index (χ2v) is 8.17.